The molecule has 21 heavy (non-hydrogen) atoms. The summed E-state index contributed by atoms with van der Waals surface area (Å²) in [6, 6.07) is 10.8. The van der Waals surface area contributed by atoms with Crippen molar-refractivity contribution >= 4 is 27.9 Å². The molecule has 1 aromatic carbocycles. The standard InChI is InChI=1S/C17H21.3ClH.Ti/c1-12-13(2)15(4)17(14(12)3)11-10-16-8-6-5-7-9-16;;;;/h5-9H,10-11H2,1-4H3;3*1H;/q;;;;+4/p-3. The van der Waals surface area contributed by atoms with Crippen LogP contribution in [-0.4, -0.2) is 0 Å². The van der Waals surface area contributed by atoms with Gasteiger partial charge in [0.25, 0.3) is 0 Å². The average molecular weight is 380 g/mol. The van der Waals surface area contributed by atoms with E-state index in [-0.39, 0.29) is 0 Å². The number of hydrogen-bond donors (Lipinski definition) is 0. The zero-order chi connectivity index (χ0) is 16.0. The van der Waals surface area contributed by atoms with Gasteiger partial charge in [0.1, 0.15) is 0 Å². The Balaban J connectivity index is 0.000000491. The molecule has 0 bridgehead atoms. The van der Waals surface area contributed by atoms with Crippen LogP contribution in [0.15, 0.2) is 30.3 Å². The predicted octanol–water partition coefficient (Wildman–Crippen LogP) is 6.65. The minimum atomic E-state index is -1.92. The molecule has 1 aliphatic carbocycles. The molecule has 0 nitrogen and oxygen atoms in total. The van der Waals surface area contributed by atoms with Crippen molar-refractivity contribution in [2.45, 2.75) is 40.5 Å². The van der Waals surface area contributed by atoms with E-state index in [2.05, 4.69) is 58.0 Å². The first-order valence-corrected chi connectivity index (χ1v) is 13.4. The molecule has 0 aliphatic heterocycles. The van der Waals surface area contributed by atoms with E-state index < -0.39 is 14.7 Å². The molecule has 1 aliphatic rings. The predicted molar refractivity (Wildman–Crippen MR) is 91.2 cm³/mol. The zero-order valence-corrected chi connectivity index (χ0v) is 16.8. The summed E-state index contributed by atoms with van der Waals surface area (Å²) in [6.07, 6.45) is 2.31. The third-order valence-electron chi connectivity index (χ3n) is 4.10. The van der Waals surface area contributed by atoms with Gasteiger partial charge in [-0.3, -0.25) is 0 Å². The number of benzene rings is 1. The van der Waals surface area contributed by atoms with Gasteiger partial charge < -0.3 is 0 Å². The Hall–Kier alpha value is 0.804. The summed E-state index contributed by atoms with van der Waals surface area (Å²) in [5.41, 5.74) is 1.43. The first kappa shape index (κ1) is 19.9. The second kappa shape index (κ2) is 9.83. The van der Waals surface area contributed by atoms with Crippen molar-refractivity contribution in [3.63, 3.8) is 0 Å². The van der Waals surface area contributed by atoms with Crippen LogP contribution in [0.3, 0.4) is 0 Å². The van der Waals surface area contributed by atoms with Crippen LogP contribution in [0.4, 0.5) is 0 Å². The molecule has 0 spiro atoms. The molecule has 1 saturated carbocycles. The first-order valence-electron chi connectivity index (χ1n) is 6.93. The SMILES string of the molecule is C[C]1[C](C)[C](C)[C](CCc2ccccc2)[C]1C.[Cl][Ti+]([Cl])[Cl]. The second-order valence-electron chi connectivity index (χ2n) is 5.18. The van der Waals surface area contributed by atoms with Crippen molar-refractivity contribution in [3.8, 4) is 0 Å². The Bertz CT molecular complexity index is 380. The van der Waals surface area contributed by atoms with E-state index in [1.165, 1.54) is 29.2 Å². The number of rotatable bonds is 3. The Labute approximate surface area is 148 Å². The van der Waals surface area contributed by atoms with Gasteiger partial charge in [0, 0.05) is 0 Å². The van der Waals surface area contributed by atoms with E-state index in [9.17, 15) is 0 Å². The van der Waals surface area contributed by atoms with Gasteiger partial charge in [-0.2, -0.15) is 0 Å². The fourth-order valence-corrected chi connectivity index (χ4v) is 2.59. The molecule has 0 N–H and O–H groups in total. The van der Waals surface area contributed by atoms with Crippen molar-refractivity contribution in [2.24, 2.45) is 0 Å². The van der Waals surface area contributed by atoms with Crippen LogP contribution < -0.4 is 0 Å². The molecular formula is C17H21Cl3Ti+. The van der Waals surface area contributed by atoms with Gasteiger partial charge >= 0.3 is 42.6 Å². The van der Waals surface area contributed by atoms with Gasteiger partial charge in [-0.05, 0) is 48.0 Å². The Morgan fingerprint density at radius 1 is 0.714 bits per heavy atom. The van der Waals surface area contributed by atoms with Gasteiger partial charge in [-0.1, -0.05) is 58.0 Å². The van der Waals surface area contributed by atoms with Crippen molar-refractivity contribution < 1.29 is 14.7 Å². The number of hydrogen-bond acceptors (Lipinski definition) is 0. The Kier molecular flexibility index (Phi) is 9.30. The quantitative estimate of drug-likeness (QED) is 0.516. The van der Waals surface area contributed by atoms with Crippen LogP contribution in [0.1, 0.15) is 39.7 Å². The molecule has 0 atom stereocenters. The molecule has 0 unspecified atom stereocenters. The van der Waals surface area contributed by atoms with E-state index in [0.717, 1.165) is 12.8 Å². The van der Waals surface area contributed by atoms with Crippen molar-refractivity contribution in [1.29, 1.82) is 0 Å². The number of halogens is 3. The van der Waals surface area contributed by atoms with E-state index in [0.29, 0.717) is 0 Å². The fourth-order valence-electron chi connectivity index (χ4n) is 2.59. The topological polar surface area (TPSA) is 0 Å². The van der Waals surface area contributed by atoms with Gasteiger partial charge in [0.15, 0.2) is 0 Å². The molecule has 113 valence electrons. The normalized spacial score (nSPS) is 18.6. The van der Waals surface area contributed by atoms with Gasteiger partial charge in [-0.15, -0.1) is 0 Å². The maximum atomic E-state index is 4.97. The summed E-state index contributed by atoms with van der Waals surface area (Å²) < 4.78 is 0. The van der Waals surface area contributed by atoms with Crippen molar-refractivity contribution in [2.75, 3.05) is 0 Å². The third-order valence-corrected chi connectivity index (χ3v) is 4.10. The number of aryl methyl sites for hydroxylation is 1. The fraction of sp³-hybridized carbons (Fsp3) is 0.353. The minimum absolute atomic E-state index is 1.14. The van der Waals surface area contributed by atoms with Crippen LogP contribution in [0.25, 0.3) is 0 Å². The summed E-state index contributed by atoms with van der Waals surface area (Å²) in [5.74, 6) is 7.51. The van der Waals surface area contributed by atoms with Crippen LogP contribution in [0.5, 0.6) is 0 Å². The average Bonchev–Trinajstić information content (AvgIpc) is 2.62. The second-order valence-corrected chi connectivity index (χ2v) is 12.9. The molecule has 0 heterocycles. The third kappa shape index (κ3) is 6.44. The molecule has 1 fully saturated rings. The Morgan fingerprint density at radius 3 is 1.57 bits per heavy atom. The zero-order valence-electron chi connectivity index (χ0n) is 12.9. The summed E-state index contributed by atoms with van der Waals surface area (Å²) >= 11 is -1.92. The van der Waals surface area contributed by atoms with Crippen LogP contribution in [0, 0.1) is 29.6 Å². The van der Waals surface area contributed by atoms with Crippen LogP contribution >= 0.6 is 27.9 Å². The first-order chi connectivity index (χ1) is 9.84. The molecular weight excluding hydrogens is 358 g/mol. The maximum absolute atomic E-state index is 4.97. The molecule has 5 radical (unpaired) electrons. The van der Waals surface area contributed by atoms with Gasteiger partial charge in [0.05, 0.1) is 0 Å². The van der Waals surface area contributed by atoms with E-state index in [4.69, 9.17) is 27.9 Å². The molecule has 0 amide bonds. The van der Waals surface area contributed by atoms with Crippen LogP contribution in [-0.2, 0) is 21.1 Å². The van der Waals surface area contributed by atoms with Gasteiger partial charge in [-0.25, -0.2) is 0 Å². The molecule has 0 saturated heterocycles. The van der Waals surface area contributed by atoms with Crippen molar-refractivity contribution in [3.05, 3.63) is 65.5 Å². The van der Waals surface area contributed by atoms with E-state index in [1.54, 1.807) is 5.92 Å². The molecule has 4 heteroatoms. The summed E-state index contributed by atoms with van der Waals surface area (Å²) in [7, 11) is 14.9. The molecule has 0 aromatic heterocycles. The summed E-state index contributed by atoms with van der Waals surface area (Å²) in [6.45, 7) is 9.00. The molecule has 2 rings (SSSR count). The van der Waals surface area contributed by atoms with Crippen LogP contribution in [0.2, 0.25) is 0 Å². The Morgan fingerprint density at radius 2 is 1.14 bits per heavy atom. The monoisotopic (exact) mass is 378 g/mol. The van der Waals surface area contributed by atoms with Gasteiger partial charge in [0.2, 0.25) is 0 Å². The molecule has 1 aromatic rings. The van der Waals surface area contributed by atoms with Crippen molar-refractivity contribution in [1.82, 2.24) is 0 Å². The summed E-state index contributed by atoms with van der Waals surface area (Å²) in [4.78, 5) is 0. The van der Waals surface area contributed by atoms with E-state index in [1.807, 2.05) is 0 Å². The van der Waals surface area contributed by atoms with E-state index >= 15 is 0 Å². The summed E-state index contributed by atoms with van der Waals surface area (Å²) in [5, 5.41) is 0.